The minimum absolute atomic E-state index is 0.101. The van der Waals surface area contributed by atoms with Gasteiger partial charge in [0.2, 0.25) is 17.7 Å². The van der Waals surface area contributed by atoms with E-state index < -0.39 is 0 Å². The third-order valence-electron chi connectivity index (χ3n) is 8.14. The summed E-state index contributed by atoms with van der Waals surface area (Å²) in [6.45, 7) is 7.88. The van der Waals surface area contributed by atoms with Gasteiger partial charge in [0.05, 0.1) is 18.6 Å². The average molecular weight is 540 g/mol. The van der Waals surface area contributed by atoms with E-state index in [-0.39, 0.29) is 24.0 Å². The molecular weight excluding hydrogens is 502 g/mol. The molecular formula is C27H37N7O3S. The Morgan fingerprint density at radius 3 is 2.68 bits per heavy atom. The number of hydrogen-bond donors (Lipinski definition) is 2. The number of fused-ring (bicyclic) bond motifs is 3. The fraction of sp³-hybridized carbons (Fsp3) is 0.630. The van der Waals surface area contributed by atoms with Crippen LogP contribution in [-0.4, -0.2) is 69.0 Å². The van der Waals surface area contributed by atoms with Crippen molar-refractivity contribution in [3.05, 3.63) is 22.7 Å². The number of nitrogens with two attached hydrogens (primary N) is 1. The van der Waals surface area contributed by atoms with Crippen molar-refractivity contribution in [2.75, 3.05) is 31.6 Å². The molecule has 1 saturated carbocycles. The van der Waals surface area contributed by atoms with Crippen molar-refractivity contribution < 1.29 is 14.3 Å². The predicted molar refractivity (Wildman–Crippen MR) is 147 cm³/mol. The molecule has 0 aromatic carbocycles. The zero-order valence-corrected chi connectivity index (χ0v) is 23.0. The molecule has 0 spiro atoms. The fourth-order valence-corrected chi connectivity index (χ4v) is 7.17. The summed E-state index contributed by atoms with van der Waals surface area (Å²) in [6.07, 6.45) is 8.49. The van der Waals surface area contributed by atoms with Gasteiger partial charge in [-0.3, -0.25) is 14.4 Å². The number of nitrogens with one attached hydrogen (secondary N) is 1. The molecule has 1 saturated heterocycles. The molecule has 4 heterocycles. The van der Waals surface area contributed by atoms with Gasteiger partial charge in [0.25, 0.3) is 0 Å². The Labute approximate surface area is 226 Å². The van der Waals surface area contributed by atoms with Crippen LogP contribution in [0.5, 0.6) is 5.88 Å². The van der Waals surface area contributed by atoms with Gasteiger partial charge in [0.15, 0.2) is 5.82 Å². The Kier molecular flexibility index (Phi) is 7.24. The first-order chi connectivity index (χ1) is 18.4. The van der Waals surface area contributed by atoms with Crippen LogP contribution in [0.4, 0.5) is 11.8 Å². The molecule has 0 unspecified atom stereocenters. The van der Waals surface area contributed by atoms with E-state index in [2.05, 4.69) is 29.2 Å². The Bertz CT molecular complexity index is 1290. The summed E-state index contributed by atoms with van der Waals surface area (Å²) in [5, 5.41) is 8.84. The molecule has 38 heavy (non-hydrogen) atoms. The van der Waals surface area contributed by atoms with E-state index in [1.54, 1.807) is 11.3 Å². The Morgan fingerprint density at radius 2 is 1.97 bits per heavy atom. The van der Waals surface area contributed by atoms with Gasteiger partial charge < -0.3 is 20.5 Å². The lowest BCUT2D eigenvalue weighted by atomic mass is 9.87. The molecule has 3 aromatic rings. The molecule has 3 N–H and O–H groups in total. The Hall–Kier alpha value is -2.76. The van der Waals surface area contributed by atoms with Crippen molar-refractivity contribution >= 4 is 39.2 Å². The monoisotopic (exact) mass is 539 g/mol. The normalized spacial score (nSPS) is 24.4. The molecule has 1 atom stereocenters. The molecule has 0 bridgehead atoms. The minimum atomic E-state index is -0.237. The summed E-state index contributed by atoms with van der Waals surface area (Å²) in [5.41, 5.74) is 6.84. The highest BCUT2D eigenvalue weighted by molar-refractivity contribution is 7.18. The highest BCUT2D eigenvalue weighted by Gasteiger charge is 2.32. The van der Waals surface area contributed by atoms with Crippen LogP contribution in [0.3, 0.4) is 0 Å². The van der Waals surface area contributed by atoms with Crippen LogP contribution in [0.2, 0.25) is 0 Å². The van der Waals surface area contributed by atoms with Gasteiger partial charge in [-0.05, 0) is 64.4 Å². The fourth-order valence-electron chi connectivity index (χ4n) is 5.96. The first kappa shape index (κ1) is 25.5. The second-order valence-electron chi connectivity index (χ2n) is 11.0. The topological polar surface area (TPSA) is 120 Å². The second kappa shape index (κ2) is 10.8. The first-order valence-electron chi connectivity index (χ1n) is 13.9. The molecule has 0 radical (unpaired) electrons. The highest BCUT2D eigenvalue weighted by atomic mass is 32.1. The lowest BCUT2D eigenvalue weighted by molar-refractivity contribution is -0.122. The summed E-state index contributed by atoms with van der Waals surface area (Å²) >= 11 is 1.68. The van der Waals surface area contributed by atoms with Gasteiger partial charge in [-0.1, -0.05) is 0 Å². The van der Waals surface area contributed by atoms with Crippen molar-refractivity contribution in [1.82, 2.24) is 24.6 Å². The number of carbonyl (C=O) groups is 1. The summed E-state index contributed by atoms with van der Waals surface area (Å²) in [5.74, 6) is 1.39. The number of morpholine rings is 1. The van der Waals surface area contributed by atoms with E-state index >= 15 is 0 Å². The van der Waals surface area contributed by atoms with Gasteiger partial charge in [-0.2, -0.15) is 10.1 Å². The van der Waals surface area contributed by atoms with E-state index in [1.807, 2.05) is 16.9 Å². The zero-order valence-electron chi connectivity index (χ0n) is 22.2. The van der Waals surface area contributed by atoms with E-state index in [4.69, 9.17) is 25.2 Å². The summed E-state index contributed by atoms with van der Waals surface area (Å²) in [6, 6.07) is 2.79. The van der Waals surface area contributed by atoms with E-state index in [0.29, 0.717) is 30.1 Å². The average Bonchev–Trinajstić information content (AvgIpc) is 3.54. The number of rotatable bonds is 7. The van der Waals surface area contributed by atoms with E-state index in [9.17, 15) is 4.79 Å². The maximum atomic E-state index is 12.0. The molecule has 1 amide bonds. The Balaban J connectivity index is 1.27. The van der Waals surface area contributed by atoms with Crippen molar-refractivity contribution in [3.8, 4) is 5.88 Å². The lowest BCUT2D eigenvalue weighted by Gasteiger charge is -2.38. The minimum Gasteiger partial charge on any atom is -0.474 e. The number of hydrogen-bond acceptors (Lipinski definition) is 9. The number of ether oxygens (including phenoxy) is 2. The number of thiophene rings is 1. The van der Waals surface area contributed by atoms with Crippen molar-refractivity contribution in [1.29, 1.82) is 0 Å². The predicted octanol–water partition coefficient (Wildman–Crippen LogP) is 3.82. The number of aryl methyl sites for hydroxylation is 1. The molecule has 6 rings (SSSR count). The standard InChI is InChI=1S/C27H37N7O3S/c1-16(2)34-10-9-22(32-34)29-27-30-25(37-19-6-4-18(5-7-19)33-11-13-36-14-12-33)23-20-15-17(24(28)35)3-8-21(20)38-26(23)31-27/h9-10,16-19H,3-8,11-15H2,1-2H3,(H2,28,35)(H,29,30,31,32)/t17-,18-,19-/m1/s1. The molecule has 204 valence electrons. The molecule has 11 heteroatoms. The molecule has 1 aliphatic heterocycles. The van der Waals surface area contributed by atoms with E-state index in [0.717, 1.165) is 80.6 Å². The maximum absolute atomic E-state index is 12.0. The van der Waals surface area contributed by atoms with Gasteiger partial charge in [-0.25, -0.2) is 4.98 Å². The van der Waals surface area contributed by atoms with Crippen LogP contribution < -0.4 is 15.8 Å². The molecule has 10 nitrogen and oxygen atoms in total. The van der Waals surface area contributed by atoms with Gasteiger partial charge >= 0.3 is 0 Å². The summed E-state index contributed by atoms with van der Waals surface area (Å²) < 4.78 is 14.1. The number of aromatic nitrogens is 4. The third-order valence-corrected chi connectivity index (χ3v) is 9.32. The Morgan fingerprint density at radius 1 is 1.18 bits per heavy atom. The number of anilines is 2. The summed E-state index contributed by atoms with van der Waals surface area (Å²) in [4.78, 5) is 26.5. The largest absolute Gasteiger partial charge is 0.474 e. The van der Waals surface area contributed by atoms with Crippen LogP contribution in [0.25, 0.3) is 10.2 Å². The van der Waals surface area contributed by atoms with Gasteiger partial charge in [0.1, 0.15) is 10.9 Å². The second-order valence-corrected chi connectivity index (χ2v) is 12.1. The molecule has 2 aliphatic carbocycles. The third kappa shape index (κ3) is 5.23. The van der Waals surface area contributed by atoms with Crippen molar-refractivity contribution in [2.24, 2.45) is 11.7 Å². The first-order valence-corrected chi connectivity index (χ1v) is 14.7. The highest BCUT2D eigenvalue weighted by Crippen LogP contribution is 2.42. The summed E-state index contributed by atoms with van der Waals surface area (Å²) in [7, 11) is 0. The number of primary amides is 1. The maximum Gasteiger partial charge on any atom is 0.233 e. The van der Waals surface area contributed by atoms with Crippen LogP contribution in [0, 0.1) is 5.92 Å². The quantitative estimate of drug-likeness (QED) is 0.465. The number of carbonyl (C=O) groups excluding carboxylic acids is 1. The molecule has 3 aliphatic rings. The van der Waals surface area contributed by atoms with Gasteiger partial charge in [0, 0.05) is 48.2 Å². The smallest absolute Gasteiger partial charge is 0.233 e. The van der Waals surface area contributed by atoms with Crippen LogP contribution in [0.15, 0.2) is 12.3 Å². The van der Waals surface area contributed by atoms with E-state index in [1.165, 1.54) is 4.88 Å². The van der Waals surface area contributed by atoms with Crippen LogP contribution in [-0.2, 0) is 22.4 Å². The van der Waals surface area contributed by atoms with Crippen molar-refractivity contribution in [3.63, 3.8) is 0 Å². The molecule has 2 fully saturated rings. The van der Waals surface area contributed by atoms with Crippen LogP contribution >= 0.6 is 11.3 Å². The van der Waals surface area contributed by atoms with Crippen LogP contribution in [0.1, 0.15) is 62.4 Å². The lowest BCUT2D eigenvalue weighted by Crippen LogP contribution is -2.46. The molecule has 3 aromatic heterocycles. The zero-order chi connectivity index (χ0) is 26.2. The number of nitrogens with zero attached hydrogens (tertiary/aromatic N) is 5. The van der Waals surface area contributed by atoms with Gasteiger partial charge in [-0.15, -0.1) is 11.3 Å². The number of amides is 1. The van der Waals surface area contributed by atoms with Crippen molar-refractivity contribution in [2.45, 2.75) is 77.0 Å². The SMILES string of the molecule is CC(C)n1ccc(Nc2nc(O[C@H]3CC[C@H](N4CCOCC4)CC3)c3c4c(sc3n2)CC[C@@H](C(N)=O)C4)n1.